The molecule has 0 spiro atoms. The Labute approximate surface area is 188 Å². The van der Waals surface area contributed by atoms with Crippen LogP contribution in [0.3, 0.4) is 0 Å². The highest BCUT2D eigenvalue weighted by Crippen LogP contribution is 2.37. The third-order valence-electron chi connectivity index (χ3n) is 6.03. The van der Waals surface area contributed by atoms with Crippen molar-refractivity contribution in [1.82, 2.24) is 20.0 Å². The van der Waals surface area contributed by atoms with Gasteiger partial charge in [-0.05, 0) is 62.0 Å². The smallest absolute Gasteiger partial charge is 0.246 e. The van der Waals surface area contributed by atoms with Crippen LogP contribution in [0.15, 0.2) is 48.7 Å². The van der Waals surface area contributed by atoms with Gasteiger partial charge in [0.2, 0.25) is 5.91 Å². The zero-order valence-electron chi connectivity index (χ0n) is 19.0. The van der Waals surface area contributed by atoms with Crippen LogP contribution in [0.1, 0.15) is 18.4 Å². The molecular formula is C25H30N4O3. The second kappa shape index (κ2) is 9.04. The highest BCUT2D eigenvalue weighted by atomic mass is 16.5. The lowest BCUT2D eigenvalue weighted by Crippen LogP contribution is -2.49. The molecule has 4 rings (SSSR count). The Kier molecular flexibility index (Phi) is 6.19. The summed E-state index contributed by atoms with van der Waals surface area (Å²) in [7, 11) is 5.80. The summed E-state index contributed by atoms with van der Waals surface area (Å²) in [5, 5.41) is 17.9. The fourth-order valence-corrected chi connectivity index (χ4v) is 4.04. The van der Waals surface area contributed by atoms with E-state index >= 15 is 0 Å². The van der Waals surface area contributed by atoms with Crippen LogP contribution in [-0.4, -0.2) is 70.8 Å². The molecule has 0 bridgehead atoms. The molecule has 2 N–H and O–H groups in total. The summed E-state index contributed by atoms with van der Waals surface area (Å²) in [6.45, 7) is 2.72. The third-order valence-corrected chi connectivity index (χ3v) is 6.03. The first-order valence-corrected chi connectivity index (χ1v) is 10.8. The van der Waals surface area contributed by atoms with Crippen molar-refractivity contribution in [2.75, 3.05) is 27.7 Å². The second-order valence-electron chi connectivity index (χ2n) is 8.78. The van der Waals surface area contributed by atoms with Crippen molar-refractivity contribution >= 4 is 16.8 Å². The van der Waals surface area contributed by atoms with E-state index in [4.69, 9.17) is 4.74 Å². The number of H-pyrrole nitrogens is 1. The molecule has 1 aliphatic rings. The van der Waals surface area contributed by atoms with Crippen molar-refractivity contribution in [2.45, 2.75) is 31.9 Å². The SMILES string of the molecule is Cc1cc(O)ccc1-c1cc(O[C@H]2C[C@H](N(C)C(=O)/C=C/CN(C)C)C2)c2cn[nH]c2c1. The van der Waals surface area contributed by atoms with Crippen LogP contribution in [-0.2, 0) is 4.79 Å². The van der Waals surface area contributed by atoms with E-state index in [1.807, 2.05) is 57.2 Å². The monoisotopic (exact) mass is 434 g/mol. The summed E-state index contributed by atoms with van der Waals surface area (Å²) < 4.78 is 6.35. The van der Waals surface area contributed by atoms with Gasteiger partial charge in [0.25, 0.3) is 0 Å². The van der Waals surface area contributed by atoms with Gasteiger partial charge in [-0.3, -0.25) is 9.89 Å². The highest BCUT2D eigenvalue weighted by Gasteiger charge is 2.35. The van der Waals surface area contributed by atoms with E-state index in [1.165, 1.54) is 0 Å². The number of aromatic hydroxyl groups is 1. The quantitative estimate of drug-likeness (QED) is 0.554. The number of carbonyl (C=O) groups excluding carboxylic acids is 1. The molecule has 1 amide bonds. The van der Waals surface area contributed by atoms with Gasteiger partial charge in [0.05, 0.1) is 17.1 Å². The first-order valence-electron chi connectivity index (χ1n) is 10.8. The zero-order chi connectivity index (χ0) is 22.8. The summed E-state index contributed by atoms with van der Waals surface area (Å²) in [6.07, 6.45) is 6.96. The van der Waals surface area contributed by atoms with Crippen molar-refractivity contribution in [1.29, 1.82) is 0 Å². The molecule has 7 heteroatoms. The number of aryl methyl sites for hydroxylation is 1. The number of hydrogen-bond acceptors (Lipinski definition) is 5. The van der Waals surface area contributed by atoms with Gasteiger partial charge in [-0.1, -0.05) is 12.1 Å². The largest absolute Gasteiger partial charge is 0.508 e. The number of benzene rings is 2. The number of nitrogens with one attached hydrogen (secondary N) is 1. The Balaban J connectivity index is 1.46. The molecule has 168 valence electrons. The zero-order valence-corrected chi connectivity index (χ0v) is 19.0. The van der Waals surface area contributed by atoms with Gasteiger partial charge in [-0.15, -0.1) is 0 Å². The van der Waals surface area contributed by atoms with Crippen molar-refractivity contribution < 1.29 is 14.6 Å². The maximum absolute atomic E-state index is 12.4. The third kappa shape index (κ3) is 4.62. The molecule has 1 saturated carbocycles. The number of hydrogen-bond donors (Lipinski definition) is 2. The number of fused-ring (bicyclic) bond motifs is 1. The van der Waals surface area contributed by atoms with Crippen LogP contribution < -0.4 is 4.74 Å². The predicted octanol–water partition coefficient (Wildman–Crippen LogP) is 3.73. The Morgan fingerprint density at radius 2 is 2.03 bits per heavy atom. The molecule has 1 aromatic heterocycles. The lowest BCUT2D eigenvalue weighted by Gasteiger charge is -2.40. The lowest BCUT2D eigenvalue weighted by atomic mass is 9.88. The molecule has 0 radical (unpaired) electrons. The molecule has 32 heavy (non-hydrogen) atoms. The number of amides is 1. The normalized spacial score (nSPS) is 18.3. The Morgan fingerprint density at radius 3 is 2.75 bits per heavy atom. The van der Waals surface area contributed by atoms with Gasteiger partial charge < -0.3 is 19.6 Å². The van der Waals surface area contributed by atoms with E-state index in [-0.39, 0.29) is 23.8 Å². The average Bonchev–Trinajstić information content (AvgIpc) is 3.18. The summed E-state index contributed by atoms with van der Waals surface area (Å²) in [5.41, 5.74) is 3.93. The summed E-state index contributed by atoms with van der Waals surface area (Å²) in [6, 6.07) is 9.61. The number of aromatic nitrogens is 2. The Hall–Kier alpha value is -3.32. The van der Waals surface area contributed by atoms with E-state index < -0.39 is 0 Å². The minimum Gasteiger partial charge on any atom is -0.508 e. The van der Waals surface area contributed by atoms with Crippen molar-refractivity contribution in [3.05, 3.63) is 54.2 Å². The standard InChI is InChI=1S/C25H30N4O3/c1-16-10-19(30)7-8-21(16)17-11-23-22(15-26-27-23)24(12-17)32-20-13-18(14-20)29(4)25(31)6-5-9-28(2)3/h5-8,10-12,15,18,20,30H,9,13-14H2,1-4H3,(H,26,27)/b6-5+/t18-,20-. The number of likely N-dealkylation sites (N-methyl/N-ethyl adjacent to an activating group) is 2. The number of phenolic OH excluding ortho intramolecular Hbond substituents is 1. The van der Waals surface area contributed by atoms with Crippen LogP contribution in [0.25, 0.3) is 22.0 Å². The predicted molar refractivity (Wildman–Crippen MR) is 126 cm³/mol. The molecule has 1 fully saturated rings. The number of phenols is 1. The number of aromatic amines is 1. The summed E-state index contributed by atoms with van der Waals surface area (Å²) >= 11 is 0. The van der Waals surface area contributed by atoms with Crippen LogP contribution in [0.5, 0.6) is 11.5 Å². The van der Waals surface area contributed by atoms with Gasteiger partial charge in [0.1, 0.15) is 17.6 Å². The van der Waals surface area contributed by atoms with Crippen LogP contribution in [0.4, 0.5) is 0 Å². The van der Waals surface area contributed by atoms with E-state index in [2.05, 4.69) is 10.2 Å². The maximum Gasteiger partial charge on any atom is 0.246 e. The molecule has 0 saturated heterocycles. The lowest BCUT2D eigenvalue weighted by molar-refractivity contribution is -0.130. The van der Waals surface area contributed by atoms with Gasteiger partial charge in [-0.2, -0.15) is 5.10 Å². The van der Waals surface area contributed by atoms with E-state index in [1.54, 1.807) is 29.3 Å². The van der Waals surface area contributed by atoms with Gasteiger partial charge in [0, 0.05) is 38.6 Å². The molecule has 1 aliphatic carbocycles. The number of carbonyl (C=O) groups is 1. The molecule has 3 aromatic rings. The highest BCUT2D eigenvalue weighted by molar-refractivity contribution is 5.90. The van der Waals surface area contributed by atoms with Crippen molar-refractivity contribution in [2.24, 2.45) is 0 Å². The first kappa shape index (κ1) is 21.9. The number of nitrogens with zero attached hydrogens (tertiary/aromatic N) is 3. The van der Waals surface area contributed by atoms with Crippen LogP contribution in [0.2, 0.25) is 0 Å². The van der Waals surface area contributed by atoms with E-state index in [0.717, 1.165) is 52.7 Å². The average molecular weight is 435 g/mol. The van der Waals surface area contributed by atoms with Gasteiger partial charge in [0.15, 0.2) is 0 Å². The van der Waals surface area contributed by atoms with Crippen molar-refractivity contribution in [3.63, 3.8) is 0 Å². The summed E-state index contributed by atoms with van der Waals surface area (Å²) in [4.78, 5) is 16.2. The minimum atomic E-state index is 0.0253. The van der Waals surface area contributed by atoms with Crippen LogP contribution in [0, 0.1) is 6.92 Å². The minimum absolute atomic E-state index is 0.0253. The molecule has 7 nitrogen and oxygen atoms in total. The first-order chi connectivity index (χ1) is 15.3. The van der Waals surface area contributed by atoms with E-state index in [0.29, 0.717) is 0 Å². The molecule has 0 unspecified atom stereocenters. The fourth-order valence-electron chi connectivity index (χ4n) is 4.04. The second-order valence-corrected chi connectivity index (χ2v) is 8.78. The van der Waals surface area contributed by atoms with Gasteiger partial charge in [-0.25, -0.2) is 0 Å². The van der Waals surface area contributed by atoms with Crippen LogP contribution >= 0.6 is 0 Å². The van der Waals surface area contributed by atoms with Gasteiger partial charge >= 0.3 is 0 Å². The molecule has 0 aliphatic heterocycles. The molecular weight excluding hydrogens is 404 g/mol. The molecule has 2 aromatic carbocycles. The van der Waals surface area contributed by atoms with E-state index in [9.17, 15) is 9.90 Å². The molecule has 0 atom stereocenters. The summed E-state index contributed by atoms with van der Waals surface area (Å²) in [5.74, 6) is 1.06. The Bertz CT molecular complexity index is 1150. The Morgan fingerprint density at radius 1 is 1.25 bits per heavy atom. The maximum atomic E-state index is 12.4. The topological polar surface area (TPSA) is 81.7 Å². The molecule has 1 heterocycles. The number of ether oxygens (including phenoxy) is 1. The fraction of sp³-hybridized carbons (Fsp3) is 0.360. The van der Waals surface area contributed by atoms with Crippen molar-refractivity contribution in [3.8, 4) is 22.6 Å². The number of rotatable bonds is 7.